The molecule has 1 aliphatic rings. The van der Waals surface area contributed by atoms with Gasteiger partial charge in [0.25, 0.3) is 6.43 Å². The van der Waals surface area contributed by atoms with Crippen molar-refractivity contribution in [3.63, 3.8) is 0 Å². The Morgan fingerprint density at radius 1 is 1.33 bits per heavy atom. The molecule has 0 N–H and O–H groups in total. The summed E-state index contributed by atoms with van der Waals surface area (Å²) in [6, 6.07) is 5.00. The average Bonchev–Trinajstić information content (AvgIpc) is 2.96. The molecule has 0 aromatic heterocycles. The van der Waals surface area contributed by atoms with Gasteiger partial charge < -0.3 is 9.64 Å². The van der Waals surface area contributed by atoms with Gasteiger partial charge in [0.15, 0.2) is 0 Å². The highest BCUT2D eigenvalue weighted by molar-refractivity contribution is 5.93. The first kappa shape index (κ1) is 15.8. The van der Waals surface area contributed by atoms with Crippen LogP contribution in [0.1, 0.15) is 19.3 Å². The molecule has 1 aliphatic heterocycles. The molecule has 1 amide bonds. The van der Waals surface area contributed by atoms with Crippen molar-refractivity contribution in [3.05, 3.63) is 30.1 Å². The van der Waals surface area contributed by atoms with E-state index in [1.165, 1.54) is 12.1 Å². The van der Waals surface area contributed by atoms with Gasteiger partial charge in [0.1, 0.15) is 5.82 Å². The molecule has 1 atom stereocenters. The Labute approximate surface area is 121 Å². The maximum Gasteiger partial charge on any atom is 0.256 e. The Morgan fingerprint density at radius 2 is 2.05 bits per heavy atom. The number of amides is 1. The number of hydrogen-bond acceptors (Lipinski definition) is 2. The van der Waals surface area contributed by atoms with Crippen molar-refractivity contribution in [1.29, 1.82) is 0 Å². The molecule has 6 heteroatoms. The smallest absolute Gasteiger partial charge is 0.256 e. The zero-order valence-electron chi connectivity index (χ0n) is 11.6. The van der Waals surface area contributed by atoms with Crippen molar-refractivity contribution in [2.24, 2.45) is 5.92 Å². The zero-order valence-corrected chi connectivity index (χ0v) is 11.6. The molecule has 1 heterocycles. The molecule has 1 saturated heterocycles. The second-order valence-corrected chi connectivity index (χ2v) is 5.14. The molecule has 0 bridgehead atoms. The highest BCUT2D eigenvalue weighted by atomic mass is 19.3. The molecule has 21 heavy (non-hydrogen) atoms. The molecule has 1 aromatic rings. The number of rotatable bonds is 6. The molecule has 1 fully saturated rings. The number of benzene rings is 1. The fraction of sp³-hybridized carbons (Fsp3) is 0.533. The van der Waals surface area contributed by atoms with Crippen LogP contribution >= 0.6 is 0 Å². The summed E-state index contributed by atoms with van der Waals surface area (Å²) in [7, 11) is 0. The number of anilines is 1. The van der Waals surface area contributed by atoms with Crippen molar-refractivity contribution >= 4 is 11.6 Å². The lowest BCUT2D eigenvalue weighted by atomic mass is 10.0. The zero-order chi connectivity index (χ0) is 15.2. The van der Waals surface area contributed by atoms with Crippen molar-refractivity contribution in [2.75, 3.05) is 24.7 Å². The maximum absolute atomic E-state index is 12.9. The Kier molecular flexibility index (Phi) is 5.61. The van der Waals surface area contributed by atoms with Crippen molar-refractivity contribution < 1.29 is 22.7 Å². The number of ether oxygens (including phenoxy) is 1. The van der Waals surface area contributed by atoms with Crippen LogP contribution in [-0.4, -0.2) is 32.1 Å². The average molecular weight is 301 g/mol. The molecular formula is C15H18F3NO2. The highest BCUT2D eigenvalue weighted by Crippen LogP contribution is 2.22. The number of hydrogen-bond donors (Lipinski definition) is 0. The predicted molar refractivity (Wildman–Crippen MR) is 72.9 cm³/mol. The SMILES string of the molecule is O=C(CCC1CCOC1)N(CC(F)F)c1ccc(F)cc1. The maximum atomic E-state index is 12.9. The number of alkyl halides is 2. The van der Waals surface area contributed by atoms with E-state index in [2.05, 4.69) is 0 Å². The van der Waals surface area contributed by atoms with Crippen molar-refractivity contribution in [2.45, 2.75) is 25.7 Å². The van der Waals surface area contributed by atoms with Gasteiger partial charge >= 0.3 is 0 Å². The number of carbonyl (C=O) groups excluding carboxylic acids is 1. The normalized spacial score (nSPS) is 18.2. The van der Waals surface area contributed by atoms with Gasteiger partial charge in [0.05, 0.1) is 6.54 Å². The Balaban J connectivity index is 2.00. The monoisotopic (exact) mass is 301 g/mol. The third kappa shape index (κ3) is 4.74. The molecule has 0 radical (unpaired) electrons. The summed E-state index contributed by atoms with van der Waals surface area (Å²) < 4.78 is 43.5. The van der Waals surface area contributed by atoms with E-state index in [1.54, 1.807) is 0 Å². The Bertz CT molecular complexity index is 458. The molecule has 3 nitrogen and oxygen atoms in total. The van der Waals surface area contributed by atoms with E-state index in [0.717, 1.165) is 23.5 Å². The highest BCUT2D eigenvalue weighted by Gasteiger charge is 2.22. The van der Waals surface area contributed by atoms with E-state index < -0.39 is 18.8 Å². The van der Waals surface area contributed by atoms with E-state index in [9.17, 15) is 18.0 Å². The van der Waals surface area contributed by atoms with Crippen LogP contribution in [0.15, 0.2) is 24.3 Å². The van der Waals surface area contributed by atoms with Gasteiger partial charge in [-0.15, -0.1) is 0 Å². The minimum Gasteiger partial charge on any atom is -0.381 e. The standard InChI is InChI=1S/C15H18F3NO2/c16-12-2-4-13(5-3-12)19(9-14(17)18)15(20)6-1-11-7-8-21-10-11/h2-5,11,14H,1,6-10H2. The third-order valence-corrected chi connectivity index (χ3v) is 3.55. The molecule has 1 unspecified atom stereocenters. The second kappa shape index (κ2) is 7.45. The van der Waals surface area contributed by atoms with Crippen LogP contribution in [0.2, 0.25) is 0 Å². The molecule has 116 valence electrons. The lowest BCUT2D eigenvalue weighted by Crippen LogP contribution is -2.35. The van der Waals surface area contributed by atoms with Crippen LogP contribution in [0.4, 0.5) is 18.9 Å². The summed E-state index contributed by atoms with van der Waals surface area (Å²) in [6.07, 6.45) is -0.912. The fourth-order valence-electron chi connectivity index (χ4n) is 2.38. The molecule has 1 aromatic carbocycles. The van der Waals surface area contributed by atoms with E-state index in [4.69, 9.17) is 4.74 Å². The minimum atomic E-state index is -2.63. The van der Waals surface area contributed by atoms with Gasteiger partial charge in [-0.2, -0.15) is 0 Å². The molecule has 0 aliphatic carbocycles. The molecule has 0 spiro atoms. The van der Waals surface area contributed by atoms with Crippen LogP contribution in [-0.2, 0) is 9.53 Å². The number of nitrogens with zero attached hydrogens (tertiary/aromatic N) is 1. The number of carbonyl (C=O) groups is 1. The van der Waals surface area contributed by atoms with Crippen LogP contribution in [0.5, 0.6) is 0 Å². The molecule has 2 rings (SSSR count). The summed E-state index contributed by atoms with van der Waals surface area (Å²) in [5.74, 6) is -0.518. The number of halogens is 3. The van der Waals surface area contributed by atoms with Crippen LogP contribution in [0, 0.1) is 11.7 Å². The van der Waals surface area contributed by atoms with Crippen LogP contribution in [0.25, 0.3) is 0 Å². The van der Waals surface area contributed by atoms with Crippen LogP contribution < -0.4 is 4.90 Å². The van der Waals surface area contributed by atoms with Gasteiger partial charge in [-0.05, 0) is 43.0 Å². The summed E-state index contributed by atoms with van der Waals surface area (Å²) in [5, 5.41) is 0. The van der Waals surface area contributed by atoms with E-state index >= 15 is 0 Å². The first-order chi connectivity index (χ1) is 10.1. The van der Waals surface area contributed by atoms with Gasteiger partial charge in [0.2, 0.25) is 5.91 Å². The quantitative estimate of drug-likeness (QED) is 0.807. The van der Waals surface area contributed by atoms with Crippen molar-refractivity contribution in [3.8, 4) is 0 Å². The first-order valence-corrected chi connectivity index (χ1v) is 6.98. The van der Waals surface area contributed by atoms with Crippen molar-refractivity contribution in [1.82, 2.24) is 0 Å². The second-order valence-electron chi connectivity index (χ2n) is 5.14. The third-order valence-electron chi connectivity index (χ3n) is 3.55. The predicted octanol–water partition coefficient (Wildman–Crippen LogP) is 3.24. The Morgan fingerprint density at radius 3 is 2.62 bits per heavy atom. The van der Waals surface area contributed by atoms with Gasteiger partial charge in [0, 0.05) is 25.3 Å². The van der Waals surface area contributed by atoms with Crippen LogP contribution in [0.3, 0.4) is 0 Å². The van der Waals surface area contributed by atoms with E-state index in [0.29, 0.717) is 31.2 Å². The van der Waals surface area contributed by atoms with Gasteiger partial charge in [-0.3, -0.25) is 4.79 Å². The lowest BCUT2D eigenvalue weighted by molar-refractivity contribution is -0.119. The topological polar surface area (TPSA) is 29.5 Å². The summed E-state index contributed by atoms with van der Waals surface area (Å²) >= 11 is 0. The summed E-state index contributed by atoms with van der Waals surface area (Å²) in [5.41, 5.74) is 0.296. The minimum absolute atomic E-state index is 0.193. The largest absolute Gasteiger partial charge is 0.381 e. The first-order valence-electron chi connectivity index (χ1n) is 6.98. The van der Waals surface area contributed by atoms with E-state index in [1.807, 2.05) is 0 Å². The summed E-state index contributed by atoms with van der Waals surface area (Å²) in [4.78, 5) is 13.2. The molecular weight excluding hydrogens is 283 g/mol. The lowest BCUT2D eigenvalue weighted by Gasteiger charge is -2.23. The van der Waals surface area contributed by atoms with Gasteiger partial charge in [-0.25, -0.2) is 13.2 Å². The fourth-order valence-corrected chi connectivity index (χ4v) is 2.38. The Hall–Kier alpha value is -1.56. The molecule has 0 saturated carbocycles. The van der Waals surface area contributed by atoms with E-state index in [-0.39, 0.29) is 12.3 Å². The van der Waals surface area contributed by atoms with Gasteiger partial charge in [-0.1, -0.05) is 0 Å². The summed E-state index contributed by atoms with van der Waals surface area (Å²) in [6.45, 7) is 0.641.